The third-order valence-corrected chi connectivity index (χ3v) is 5.25. The lowest BCUT2D eigenvalue weighted by Crippen LogP contribution is -2.35. The average Bonchev–Trinajstić information content (AvgIpc) is 2.77. The molecule has 3 rings (SSSR count). The Labute approximate surface area is 189 Å². The summed E-state index contributed by atoms with van der Waals surface area (Å²) in [5, 5.41) is 5.92. The second kappa shape index (κ2) is 10.9. The fourth-order valence-electron chi connectivity index (χ4n) is 3.71. The number of nitrogens with one attached hydrogen (secondary N) is 2. The SMILES string of the molecule is CCOc1ccc([C@H](NC(=O)COc2ccc3c(c2)CCC(=O)N3)C(C)C)cc1OCC. The van der Waals surface area contributed by atoms with Gasteiger partial charge in [0, 0.05) is 12.1 Å². The van der Waals surface area contributed by atoms with Crippen molar-refractivity contribution in [1.82, 2.24) is 5.32 Å². The number of carbonyl (C=O) groups excluding carboxylic acids is 2. The fraction of sp³-hybridized carbons (Fsp3) is 0.440. The lowest BCUT2D eigenvalue weighted by atomic mass is 9.95. The topological polar surface area (TPSA) is 85.9 Å². The van der Waals surface area contributed by atoms with E-state index in [4.69, 9.17) is 14.2 Å². The van der Waals surface area contributed by atoms with E-state index < -0.39 is 0 Å². The zero-order valence-electron chi connectivity index (χ0n) is 19.2. The van der Waals surface area contributed by atoms with E-state index in [1.807, 2.05) is 44.2 Å². The molecule has 2 aromatic carbocycles. The van der Waals surface area contributed by atoms with Crippen LogP contribution in [0.4, 0.5) is 5.69 Å². The first-order valence-corrected chi connectivity index (χ1v) is 11.2. The molecule has 0 fully saturated rings. The Morgan fingerprint density at radius 3 is 2.47 bits per heavy atom. The summed E-state index contributed by atoms with van der Waals surface area (Å²) >= 11 is 0. The van der Waals surface area contributed by atoms with Crippen molar-refractivity contribution in [3.63, 3.8) is 0 Å². The third-order valence-electron chi connectivity index (χ3n) is 5.25. The highest BCUT2D eigenvalue weighted by atomic mass is 16.5. The first-order chi connectivity index (χ1) is 15.4. The highest BCUT2D eigenvalue weighted by molar-refractivity contribution is 5.94. The lowest BCUT2D eigenvalue weighted by molar-refractivity contribution is -0.124. The van der Waals surface area contributed by atoms with Gasteiger partial charge in [-0.15, -0.1) is 0 Å². The van der Waals surface area contributed by atoms with Crippen LogP contribution in [-0.4, -0.2) is 31.6 Å². The van der Waals surface area contributed by atoms with Crippen LogP contribution in [0.5, 0.6) is 17.2 Å². The van der Waals surface area contributed by atoms with Crippen LogP contribution in [0.15, 0.2) is 36.4 Å². The van der Waals surface area contributed by atoms with Gasteiger partial charge in [-0.25, -0.2) is 0 Å². The van der Waals surface area contributed by atoms with E-state index in [0.717, 1.165) is 16.8 Å². The number of benzene rings is 2. The van der Waals surface area contributed by atoms with Gasteiger partial charge < -0.3 is 24.8 Å². The second-order valence-electron chi connectivity index (χ2n) is 8.02. The smallest absolute Gasteiger partial charge is 0.258 e. The molecule has 1 aliphatic rings. The minimum absolute atomic E-state index is 0.0204. The van der Waals surface area contributed by atoms with Crippen molar-refractivity contribution in [1.29, 1.82) is 0 Å². The molecule has 1 aliphatic heterocycles. The van der Waals surface area contributed by atoms with Crippen LogP contribution in [0.3, 0.4) is 0 Å². The molecule has 2 N–H and O–H groups in total. The maximum atomic E-state index is 12.7. The molecule has 0 saturated carbocycles. The zero-order chi connectivity index (χ0) is 23.1. The number of aryl methyl sites for hydroxylation is 1. The standard InChI is InChI=1S/C25H32N2O5/c1-5-30-21-11-7-18(14-22(21)31-6-2)25(16(3)4)27-24(29)15-32-19-9-10-20-17(13-19)8-12-23(28)26-20/h7,9-11,13-14,16,25H,5-6,8,12,15H2,1-4H3,(H,26,28)(H,27,29)/t25-/m1/s1. The van der Waals surface area contributed by atoms with Gasteiger partial charge >= 0.3 is 0 Å². The summed E-state index contributed by atoms with van der Waals surface area (Å²) in [5.74, 6) is 1.95. The highest BCUT2D eigenvalue weighted by Crippen LogP contribution is 2.33. The Morgan fingerprint density at radius 1 is 1.00 bits per heavy atom. The Bertz CT molecular complexity index is 957. The van der Waals surface area contributed by atoms with Crippen molar-refractivity contribution in [3.05, 3.63) is 47.5 Å². The molecule has 2 aromatic rings. The Balaban J connectivity index is 1.65. The molecule has 0 spiro atoms. The number of fused-ring (bicyclic) bond motifs is 1. The van der Waals surface area contributed by atoms with Crippen molar-refractivity contribution in [3.8, 4) is 17.2 Å². The predicted octanol–water partition coefficient (Wildman–Crippen LogP) is 4.26. The highest BCUT2D eigenvalue weighted by Gasteiger charge is 2.21. The van der Waals surface area contributed by atoms with Crippen molar-refractivity contribution in [2.75, 3.05) is 25.1 Å². The molecule has 0 unspecified atom stereocenters. The summed E-state index contributed by atoms with van der Waals surface area (Å²) < 4.78 is 17.1. The van der Waals surface area contributed by atoms with Crippen molar-refractivity contribution in [2.24, 2.45) is 5.92 Å². The molecule has 0 bridgehead atoms. The zero-order valence-corrected chi connectivity index (χ0v) is 19.2. The third kappa shape index (κ3) is 5.93. The van der Waals surface area contributed by atoms with Gasteiger partial charge in [0.25, 0.3) is 5.91 Å². The van der Waals surface area contributed by atoms with E-state index in [1.165, 1.54) is 0 Å². The number of anilines is 1. The molecule has 0 aromatic heterocycles. The molecule has 0 saturated heterocycles. The molecule has 2 amide bonds. The number of amides is 2. The Hall–Kier alpha value is -3.22. The van der Waals surface area contributed by atoms with Crippen molar-refractivity contribution < 1.29 is 23.8 Å². The lowest BCUT2D eigenvalue weighted by Gasteiger charge is -2.24. The molecular weight excluding hydrogens is 408 g/mol. The predicted molar refractivity (Wildman–Crippen MR) is 123 cm³/mol. The van der Waals surface area contributed by atoms with E-state index in [-0.39, 0.29) is 30.4 Å². The number of hydrogen-bond acceptors (Lipinski definition) is 5. The molecule has 0 radical (unpaired) electrons. The molecule has 32 heavy (non-hydrogen) atoms. The minimum atomic E-state index is -0.207. The van der Waals surface area contributed by atoms with Gasteiger partial charge in [0.05, 0.1) is 19.3 Å². The van der Waals surface area contributed by atoms with Gasteiger partial charge in [-0.3, -0.25) is 9.59 Å². The molecule has 1 heterocycles. The minimum Gasteiger partial charge on any atom is -0.490 e. The van der Waals surface area contributed by atoms with Gasteiger partial charge in [0.2, 0.25) is 5.91 Å². The van der Waals surface area contributed by atoms with Crippen LogP contribution >= 0.6 is 0 Å². The van der Waals surface area contributed by atoms with Crippen LogP contribution in [0.1, 0.15) is 51.3 Å². The van der Waals surface area contributed by atoms with Crippen molar-refractivity contribution >= 4 is 17.5 Å². The first kappa shape index (κ1) is 23.4. The van der Waals surface area contributed by atoms with E-state index in [1.54, 1.807) is 6.07 Å². The summed E-state index contributed by atoms with van der Waals surface area (Å²) in [6.07, 6.45) is 1.12. The summed E-state index contributed by atoms with van der Waals surface area (Å²) in [7, 11) is 0. The van der Waals surface area contributed by atoms with Gasteiger partial charge in [-0.1, -0.05) is 19.9 Å². The molecular formula is C25H32N2O5. The summed E-state index contributed by atoms with van der Waals surface area (Å²) in [6, 6.07) is 11.0. The molecule has 7 nitrogen and oxygen atoms in total. The van der Waals surface area contributed by atoms with Crippen LogP contribution in [0.2, 0.25) is 0 Å². The van der Waals surface area contributed by atoms with Crippen LogP contribution in [0, 0.1) is 5.92 Å². The van der Waals surface area contributed by atoms with Gasteiger partial charge in [-0.2, -0.15) is 0 Å². The number of rotatable bonds is 10. The molecule has 1 atom stereocenters. The molecule has 172 valence electrons. The van der Waals surface area contributed by atoms with E-state index in [2.05, 4.69) is 24.5 Å². The number of hydrogen-bond donors (Lipinski definition) is 2. The largest absolute Gasteiger partial charge is 0.490 e. The van der Waals surface area contributed by atoms with Gasteiger partial charge in [0.15, 0.2) is 18.1 Å². The summed E-state index contributed by atoms with van der Waals surface area (Å²) in [6.45, 7) is 8.95. The maximum Gasteiger partial charge on any atom is 0.258 e. The Kier molecular flexibility index (Phi) is 7.98. The number of ether oxygens (including phenoxy) is 3. The summed E-state index contributed by atoms with van der Waals surface area (Å²) in [5.41, 5.74) is 2.77. The van der Waals surface area contributed by atoms with E-state index >= 15 is 0 Å². The maximum absolute atomic E-state index is 12.7. The first-order valence-electron chi connectivity index (χ1n) is 11.2. The van der Waals surface area contributed by atoms with E-state index in [9.17, 15) is 9.59 Å². The molecule has 7 heteroatoms. The van der Waals surface area contributed by atoms with Gasteiger partial charge in [0.1, 0.15) is 5.75 Å². The summed E-state index contributed by atoms with van der Waals surface area (Å²) in [4.78, 5) is 24.2. The normalized spacial score (nSPS) is 13.7. The monoisotopic (exact) mass is 440 g/mol. The van der Waals surface area contributed by atoms with Crippen LogP contribution in [-0.2, 0) is 16.0 Å². The Morgan fingerprint density at radius 2 is 1.75 bits per heavy atom. The van der Waals surface area contributed by atoms with E-state index in [0.29, 0.717) is 43.3 Å². The quantitative estimate of drug-likeness (QED) is 0.577. The average molecular weight is 441 g/mol. The number of carbonyl (C=O) groups is 2. The molecule has 0 aliphatic carbocycles. The van der Waals surface area contributed by atoms with Crippen molar-refractivity contribution in [2.45, 2.75) is 46.6 Å². The van der Waals surface area contributed by atoms with Crippen LogP contribution < -0.4 is 24.8 Å². The van der Waals surface area contributed by atoms with Gasteiger partial charge in [-0.05, 0) is 67.6 Å². The van der Waals surface area contributed by atoms with Crippen LogP contribution in [0.25, 0.3) is 0 Å². The fourth-order valence-corrected chi connectivity index (χ4v) is 3.71. The second-order valence-corrected chi connectivity index (χ2v) is 8.02.